The number of hydrogen-bond donors (Lipinski definition) is 2. The average Bonchev–Trinajstić information content (AvgIpc) is 3.03. The van der Waals surface area contributed by atoms with Crippen molar-refractivity contribution in [3.05, 3.63) is 64.2 Å². The normalized spacial score (nSPS) is 17.0. The Morgan fingerprint density at radius 2 is 1.90 bits per heavy atom. The average molecular weight is 306 g/mol. The smallest absolute Gasteiger partial charge is 0.184 e. The summed E-state index contributed by atoms with van der Waals surface area (Å²) in [5, 5.41) is 11.1. The summed E-state index contributed by atoms with van der Waals surface area (Å²) >= 11 is 5.98. The summed E-state index contributed by atoms with van der Waals surface area (Å²) in [4.78, 5) is 0. The highest BCUT2D eigenvalue weighted by Crippen LogP contribution is 2.31. The number of nitrogens with two attached hydrogens (primary N) is 1. The largest absolute Gasteiger partial charge is 0.398 e. The van der Waals surface area contributed by atoms with Crippen molar-refractivity contribution in [2.45, 2.75) is 12.4 Å². The molecule has 0 aromatic heterocycles. The molecule has 1 saturated heterocycles. The van der Waals surface area contributed by atoms with E-state index in [1.807, 2.05) is 24.3 Å². The molecule has 4 nitrogen and oxygen atoms in total. The van der Waals surface area contributed by atoms with E-state index in [0.29, 0.717) is 29.5 Å². The lowest BCUT2D eigenvalue weighted by Gasteiger charge is -2.16. The molecule has 2 aromatic carbocycles. The van der Waals surface area contributed by atoms with Crippen molar-refractivity contribution in [2.75, 3.05) is 18.9 Å². The van der Waals surface area contributed by atoms with Crippen LogP contribution in [0.25, 0.3) is 0 Å². The quantitative estimate of drug-likeness (QED) is 0.856. The minimum atomic E-state index is -0.843. The first-order valence-corrected chi connectivity index (χ1v) is 7.09. The van der Waals surface area contributed by atoms with Crippen LogP contribution in [-0.4, -0.2) is 18.3 Å². The first-order valence-electron chi connectivity index (χ1n) is 6.71. The molecule has 1 atom stereocenters. The molecule has 3 N–H and O–H groups in total. The summed E-state index contributed by atoms with van der Waals surface area (Å²) in [6.07, 6.45) is -1.21. The van der Waals surface area contributed by atoms with Gasteiger partial charge in [0.25, 0.3) is 0 Å². The van der Waals surface area contributed by atoms with Crippen LogP contribution < -0.4 is 5.73 Å². The summed E-state index contributed by atoms with van der Waals surface area (Å²) < 4.78 is 10.9. The minimum absolute atomic E-state index is 0.367. The van der Waals surface area contributed by atoms with Crippen molar-refractivity contribution in [2.24, 2.45) is 0 Å². The molecule has 2 aromatic rings. The van der Waals surface area contributed by atoms with Crippen molar-refractivity contribution in [3.8, 4) is 0 Å². The number of benzene rings is 2. The number of hydrogen-bond acceptors (Lipinski definition) is 4. The van der Waals surface area contributed by atoms with Crippen molar-refractivity contribution in [1.82, 2.24) is 0 Å². The van der Waals surface area contributed by atoms with E-state index in [1.165, 1.54) is 0 Å². The van der Waals surface area contributed by atoms with Crippen LogP contribution in [-0.2, 0) is 9.47 Å². The van der Waals surface area contributed by atoms with Gasteiger partial charge in [0, 0.05) is 21.8 Å². The Bertz CT molecular complexity index is 641. The van der Waals surface area contributed by atoms with Crippen LogP contribution in [0.15, 0.2) is 42.5 Å². The van der Waals surface area contributed by atoms with E-state index >= 15 is 0 Å². The summed E-state index contributed by atoms with van der Waals surface area (Å²) in [6.45, 7) is 1.16. The molecule has 0 bridgehead atoms. The Morgan fingerprint density at radius 3 is 2.67 bits per heavy atom. The Hall–Kier alpha value is -1.59. The molecule has 1 heterocycles. The van der Waals surface area contributed by atoms with Gasteiger partial charge in [0.15, 0.2) is 6.29 Å². The minimum Gasteiger partial charge on any atom is -0.398 e. The molecular formula is C16H16ClNO3. The second-order valence-corrected chi connectivity index (χ2v) is 5.36. The van der Waals surface area contributed by atoms with Gasteiger partial charge in [0.1, 0.15) is 6.10 Å². The third kappa shape index (κ3) is 3.04. The van der Waals surface area contributed by atoms with Crippen molar-refractivity contribution >= 4 is 17.3 Å². The summed E-state index contributed by atoms with van der Waals surface area (Å²) in [5.74, 6) is 0. The zero-order valence-electron chi connectivity index (χ0n) is 11.3. The first-order chi connectivity index (χ1) is 10.1. The summed E-state index contributed by atoms with van der Waals surface area (Å²) in [6, 6.07) is 12.5. The highest BCUT2D eigenvalue weighted by Gasteiger charge is 2.20. The van der Waals surface area contributed by atoms with Crippen LogP contribution in [0.3, 0.4) is 0 Å². The second-order valence-electron chi connectivity index (χ2n) is 4.92. The highest BCUT2D eigenvalue weighted by atomic mass is 35.5. The maximum Gasteiger partial charge on any atom is 0.184 e. The lowest BCUT2D eigenvalue weighted by Crippen LogP contribution is -2.05. The fourth-order valence-electron chi connectivity index (χ4n) is 2.39. The van der Waals surface area contributed by atoms with Gasteiger partial charge in [-0.05, 0) is 29.8 Å². The maximum atomic E-state index is 10.5. The van der Waals surface area contributed by atoms with Gasteiger partial charge in [-0.25, -0.2) is 0 Å². The Balaban J connectivity index is 1.92. The molecule has 21 heavy (non-hydrogen) atoms. The van der Waals surface area contributed by atoms with Crippen LogP contribution in [0.1, 0.15) is 29.1 Å². The van der Waals surface area contributed by atoms with Crippen LogP contribution >= 0.6 is 11.6 Å². The zero-order chi connectivity index (χ0) is 14.8. The van der Waals surface area contributed by atoms with Crippen LogP contribution in [0.5, 0.6) is 0 Å². The van der Waals surface area contributed by atoms with Crippen LogP contribution in [0, 0.1) is 0 Å². The van der Waals surface area contributed by atoms with Crippen LogP contribution in [0.4, 0.5) is 5.69 Å². The van der Waals surface area contributed by atoms with Gasteiger partial charge < -0.3 is 20.3 Å². The first kappa shape index (κ1) is 14.4. The van der Waals surface area contributed by atoms with E-state index in [1.54, 1.807) is 18.2 Å². The van der Waals surface area contributed by atoms with Crippen LogP contribution in [0.2, 0.25) is 5.02 Å². The molecule has 1 aliphatic rings. The third-order valence-electron chi connectivity index (χ3n) is 3.46. The molecule has 0 spiro atoms. The zero-order valence-corrected chi connectivity index (χ0v) is 12.1. The highest BCUT2D eigenvalue weighted by molar-refractivity contribution is 6.30. The number of halogens is 1. The number of nitrogen functional groups attached to an aromatic ring is 1. The number of anilines is 1. The predicted octanol–water partition coefficient (Wildman–Crippen LogP) is 3.05. The van der Waals surface area contributed by atoms with E-state index in [4.69, 9.17) is 26.8 Å². The van der Waals surface area contributed by atoms with Gasteiger partial charge >= 0.3 is 0 Å². The molecule has 0 radical (unpaired) electrons. The number of ether oxygens (including phenoxy) is 2. The van der Waals surface area contributed by atoms with Crippen molar-refractivity contribution in [1.29, 1.82) is 0 Å². The van der Waals surface area contributed by atoms with Crippen molar-refractivity contribution in [3.63, 3.8) is 0 Å². The van der Waals surface area contributed by atoms with Crippen molar-refractivity contribution < 1.29 is 14.6 Å². The van der Waals surface area contributed by atoms with Gasteiger partial charge in [0.05, 0.1) is 13.2 Å². The molecule has 5 heteroatoms. The number of rotatable bonds is 3. The van der Waals surface area contributed by atoms with Gasteiger partial charge in [-0.2, -0.15) is 0 Å². The maximum absolute atomic E-state index is 10.5. The number of aliphatic hydroxyl groups excluding tert-OH is 1. The Morgan fingerprint density at radius 1 is 1.14 bits per heavy atom. The SMILES string of the molecule is Nc1ccc(Cl)cc1C(O)c1cccc(C2OCCO2)c1. The van der Waals surface area contributed by atoms with E-state index in [0.717, 1.165) is 11.1 Å². The van der Waals surface area contributed by atoms with Gasteiger partial charge in [-0.1, -0.05) is 29.8 Å². The Kier molecular flexibility index (Phi) is 4.12. The third-order valence-corrected chi connectivity index (χ3v) is 3.70. The topological polar surface area (TPSA) is 64.7 Å². The predicted molar refractivity (Wildman–Crippen MR) is 81.0 cm³/mol. The van der Waals surface area contributed by atoms with Gasteiger partial charge in [-0.15, -0.1) is 0 Å². The molecule has 0 amide bonds. The summed E-state index contributed by atoms with van der Waals surface area (Å²) in [5.41, 5.74) is 8.62. The van der Waals surface area contributed by atoms with E-state index in [-0.39, 0.29) is 6.29 Å². The molecule has 1 unspecified atom stereocenters. The molecule has 0 saturated carbocycles. The Labute approximate surface area is 128 Å². The summed E-state index contributed by atoms with van der Waals surface area (Å²) in [7, 11) is 0. The van der Waals surface area contributed by atoms with Gasteiger partial charge in [0.2, 0.25) is 0 Å². The standard InChI is InChI=1S/C16H16ClNO3/c17-12-4-5-14(18)13(9-12)15(19)10-2-1-3-11(8-10)16-20-6-7-21-16/h1-5,8-9,15-16,19H,6-7,18H2. The molecule has 1 aliphatic heterocycles. The second kappa shape index (κ2) is 6.03. The van der Waals surface area contributed by atoms with E-state index in [9.17, 15) is 5.11 Å². The molecular weight excluding hydrogens is 290 g/mol. The lowest BCUT2D eigenvalue weighted by atomic mass is 9.98. The van der Waals surface area contributed by atoms with Gasteiger partial charge in [-0.3, -0.25) is 0 Å². The molecule has 0 aliphatic carbocycles. The number of aliphatic hydroxyl groups is 1. The molecule has 3 rings (SSSR count). The van der Waals surface area contributed by atoms with E-state index < -0.39 is 6.10 Å². The molecule has 110 valence electrons. The van der Waals surface area contributed by atoms with E-state index in [2.05, 4.69) is 0 Å². The molecule has 1 fully saturated rings. The lowest BCUT2D eigenvalue weighted by molar-refractivity contribution is -0.0442. The fraction of sp³-hybridized carbons (Fsp3) is 0.250. The monoisotopic (exact) mass is 305 g/mol. The fourth-order valence-corrected chi connectivity index (χ4v) is 2.57.